The lowest BCUT2D eigenvalue weighted by atomic mass is 9.83. The van der Waals surface area contributed by atoms with Crippen LogP contribution < -0.4 is 4.74 Å². The standard InChI is InChI=1S/C23H26N4O2.2C2HF3O2/c1-28-15-14-27-17-25-21-19-4-2-3-5-20(19)29-23(22(21)27)8-12-26(13-9-23)16-18-6-10-24-11-7-18;2*3-2(4,5)1(6)7/h2-7,10-11,17H,8-9,12-16H2,1H3;2*(H,6,7). The number of nitrogens with zero attached hydrogens (tertiary/aromatic N) is 4. The molecule has 2 aromatic heterocycles. The van der Waals surface area contributed by atoms with Crippen LogP contribution in [0.1, 0.15) is 24.1 Å². The zero-order valence-corrected chi connectivity index (χ0v) is 22.7. The van der Waals surface area contributed by atoms with Crippen LogP contribution in [-0.4, -0.2) is 80.7 Å². The number of hydrogen-bond donors (Lipinski definition) is 2. The molecule has 0 atom stereocenters. The van der Waals surface area contributed by atoms with Gasteiger partial charge in [0.1, 0.15) is 5.75 Å². The number of aromatic nitrogens is 3. The van der Waals surface area contributed by atoms with Crippen molar-refractivity contribution in [3.05, 3.63) is 66.4 Å². The number of para-hydroxylation sites is 1. The first-order valence-electron chi connectivity index (χ1n) is 12.7. The van der Waals surface area contributed by atoms with Crippen LogP contribution in [0.4, 0.5) is 26.3 Å². The van der Waals surface area contributed by atoms with Crippen LogP contribution in [0.25, 0.3) is 11.3 Å². The lowest BCUT2D eigenvalue weighted by Crippen LogP contribution is -2.48. The first-order valence-corrected chi connectivity index (χ1v) is 12.7. The highest BCUT2D eigenvalue weighted by Gasteiger charge is 2.46. The van der Waals surface area contributed by atoms with E-state index in [-0.39, 0.29) is 5.60 Å². The molecule has 1 fully saturated rings. The molecule has 1 spiro atoms. The second kappa shape index (κ2) is 13.9. The molecule has 1 aromatic carbocycles. The molecule has 16 heteroatoms. The Bertz CT molecular complexity index is 1350. The van der Waals surface area contributed by atoms with Gasteiger partial charge in [-0.15, -0.1) is 0 Å². The molecule has 2 aliphatic heterocycles. The predicted octanol–water partition coefficient (Wildman–Crippen LogP) is 4.74. The van der Waals surface area contributed by atoms with Crippen LogP contribution >= 0.6 is 0 Å². The van der Waals surface area contributed by atoms with Gasteiger partial charge in [-0.25, -0.2) is 14.6 Å². The van der Waals surface area contributed by atoms with Crippen LogP contribution in [0.5, 0.6) is 5.75 Å². The number of fused-ring (bicyclic) bond motifs is 4. The Balaban J connectivity index is 0.000000303. The number of methoxy groups -OCH3 is 1. The minimum Gasteiger partial charge on any atom is -0.480 e. The first-order chi connectivity index (χ1) is 20.2. The van der Waals surface area contributed by atoms with E-state index in [9.17, 15) is 26.3 Å². The lowest BCUT2D eigenvalue weighted by Gasteiger charge is -2.44. The summed E-state index contributed by atoms with van der Waals surface area (Å²) < 4.78 is 77.8. The maximum atomic E-state index is 10.6. The number of rotatable bonds is 5. The van der Waals surface area contributed by atoms with Crippen molar-refractivity contribution in [1.29, 1.82) is 0 Å². The molecule has 0 aliphatic carbocycles. The van der Waals surface area contributed by atoms with Gasteiger partial charge in [0, 0.05) is 64.1 Å². The summed E-state index contributed by atoms with van der Waals surface area (Å²) in [5, 5.41) is 14.2. The van der Waals surface area contributed by atoms with Crippen molar-refractivity contribution in [2.45, 2.75) is 43.9 Å². The van der Waals surface area contributed by atoms with Crippen LogP contribution in [0.15, 0.2) is 55.1 Å². The molecule has 10 nitrogen and oxygen atoms in total. The Morgan fingerprint density at radius 2 is 1.53 bits per heavy atom. The van der Waals surface area contributed by atoms with E-state index < -0.39 is 24.3 Å². The summed E-state index contributed by atoms with van der Waals surface area (Å²) in [6, 6.07) is 12.4. The van der Waals surface area contributed by atoms with Gasteiger partial charge in [-0.05, 0) is 29.8 Å². The third-order valence-electron chi connectivity index (χ3n) is 6.56. The SMILES string of the molecule is COCCn1cnc2c1C1(CCN(Cc3ccncc3)CC1)Oc1ccccc1-2.O=C(O)C(F)(F)F.O=C(O)C(F)(F)F. The number of alkyl halides is 6. The molecule has 3 aromatic rings. The van der Waals surface area contributed by atoms with Crippen molar-refractivity contribution < 1.29 is 55.6 Å². The van der Waals surface area contributed by atoms with Gasteiger partial charge in [-0.1, -0.05) is 12.1 Å². The van der Waals surface area contributed by atoms with Gasteiger partial charge in [-0.2, -0.15) is 26.3 Å². The highest BCUT2D eigenvalue weighted by atomic mass is 19.4. The van der Waals surface area contributed by atoms with Crippen LogP contribution in [-0.2, 0) is 33.0 Å². The molecule has 0 unspecified atom stereocenters. The second-order valence-electron chi connectivity index (χ2n) is 9.46. The summed E-state index contributed by atoms with van der Waals surface area (Å²) in [6.07, 6.45) is -2.61. The number of carboxylic acids is 2. The van der Waals surface area contributed by atoms with Crippen molar-refractivity contribution in [2.75, 3.05) is 26.8 Å². The number of pyridine rings is 1. The fraction of sp³-hybridized carbons (Fsp3) is 0.407. The minimum atomic E-state index is -5.08. The number of halogens is 6. The van der Waals surface area contributed by atoms with Crippen molar-refractivity contribution in [3.8, 4) is 17.0 Å². The zero-order valence-electron chi connectivity index (χ0n) is 22.7. The maximum Gasteiger partial charge on any atom is 0.490 e. The highest BCUT2D eigenvalue weighted by Crippen LogP contribution is 2.49. The molecule has 2 N–H and O–H groups in total. The Hall–Kier alpha value is -4.18. The van der Waals surface area contributed by atoms with Crippen LogP contribution in [0.3, 0.4) is 0 Å². The minimum absolute atomic E-state index is 0.331. The second-order valence-corrected chi connectivity index (χ2v) is 9.46. The molecule has 1 saturated heterocycles. The van der Waals surface area contributed by atoms with Crippen molar-refractivity contribution in [3.63, 3.8) is 0 Å². The number of imidazole rings is 1. The van der Waals surface area contributed by atoms with E-state index in [1.807, 2.05) is 24.8 Å². The summed E-state index contributed by atoms with van der Waals surface area (Å²) in [6.45, 7) is 4.37. The lowest BCUT2D eigenvalue weighted by molar-refractivity contribution is -0.193. The zero-order chi connectivity index (χ0) is 31.8. The summed E-state index contributed by atoms with van der Waals surface area (Å²) in [5.41, 5.74) is 4.32. The normalized spacial score (nSPS) is 15.5. The number of ether oxygens (including phenoxy) is 2. The van der Waals surface area contributed by atoms with Gasteiger partial charge in [0.2, 0.25) is 0 Å². The predicted molar refractivity (Wildman–Crippen MR) is 138 cm³/mol. The molecular formula is C27H28F6N4O6. The summed E-state index contributed by atoms with van der Waals surface area (Å²) in [5.74, 6) is -4.57. The Morgan fingerprint density at radius 1 is 0.977 bits per heavy atom. The average molecular weight is 619 g/mol. The van der Waals surface area contributed by atoms with Crippen LogP contribution in [0.2, 0.25) is 0 Å². The topological polar surface area (TPSA) is 127 Å². The summed E-state index contributed by atoms with van der Waals surface area (Å²) >= 11 is 0. The summed E-state index contributed by atoms with van der Waals surface area (Å²) in [7, 11) is 1.74. The van der Waals surface area contributed by atoms with Gasteiger partial charge in [0.15, 0.2) is 5.60 Å². The van der Waals surface area contributed by atoms with E-state index in [1.165, 1.54) is 11.3 Å². The molecule has 0 saturated carbocycles. The number of carboxylic acid groups (broad SMARTS) is 2. The number of likely N-dealkylation sites (tertiary alicyclic amines) is 1. The van der Waals surface area contributed by atoms with Gasteiger partial charge in [0.05, 0.1) is 24.3 Å². The molecule has 0 bridgehead atoms. The molecule has 4 heterocycles. The number of piperidine rings is 1. The third kappa shape index (κ3) is 8.67. The molecule has 0 radical (unpaired) electrons. The number of hydrogen-bond acceptors (Lipinski definition) is 7. The molecule has 43 heavy (non-hydrogen) atoms. The fourth-order valence-corrected chi connectivity index (χ4v) is 4.58. The smallest absolute Gasteiger partial charge is 0.480 e. The monoisotopic (exact) mass is 618 g/mol. The van der Waals surface area contributed by atoms with E-state index in [1.54, 1.807) is 7.11 Å². The highest BCUT2D eigenvalue weighted by molar-refractivity contribution is 5.73. The van der Waals surface area contributed by atoms with Gasteiger partial charge >= 0.3 is 24.3 Å². The quantitative estimate of drug-likeness (QED) is 0.390. The number of carbonyl (C=O) groups is 2. The molecule has 234 valence electrons. The van der Waals surface area contributed by atoms with Gasteiger partial charge in [0.25, 0.3) is 0 Å². The number of benzene rings is 1. The van der Waals surface area contributed by atoms with Gasteiger partial charge in [-0.3, -0.25) is 9.88 Å². The Labute approximate surface area is 241 Å². The summed E-state index contributed by atoms with van der Waals surface area (Å²) in [4.78, 5) is 29.2. The Kier molecular flexibility index (Phi) is 10.7. The van der Waals surface area contributed by atoms with Crippen LogP contribution in [0, 0.1) is 0 Å². The molecule has 2 aliphatic rings. The van der Waals surface area contributed by atoms with E-state index in [0.717, 1.165) is 56.0 Å². The fourth-order valence-electron chi connectivity index (χ4n) is 4.58. The maximum absolute atomic E-state index is 10.6. The third-order valence-corrected chi connectivity index (χ3v) is 6.56. The van der Waals surface area contributed by atoms with Crippen molar-refractivity contribution >= 4 is 11.9 Å². The van der Waals surface area contributed by atoms with E-state index in [4.69, 9.17) is 34.3 Å². The van der Waals surface area contributed by atoms with Gasteiger partial charge < -0.3 is 24.3 Å². The first kappa shape index (κ1) is 33.3. The molecule has 5 rings (SSSR count). The van der Waals surface area contributed by atoms with E-state index in [0.29, 0.717) is 6.61 Å². The molecule has 0 amide bonds. The average Bonchev–Trinajstić information content (AvgIpc) is 3.39. The Morgan fingerprint density at radius 3 is 2.07 bits per heavy atom. The van der Waals surface area contributed by atoms with Crippen molar-refractivity contribution in [1.82, 2.24) is 19.4 Å². The van der Waals surface area contributed by atoms with Crippen molar-refractivity contribution in [2.24, 2.45) is 0 Å². The van der Waals surface area contributed by atoms with E-state index in [2.05, 4.69) is 44.8 Å². The largest absolute Gasteiger partial charge is 0.490 e. The number of aliphatic carboxylic acids is 2. The molecular weight excluding hydrogens is 590 g/mol. The van der Waals surface area contributed by atoms with E-state index >= 15 is 0 Å².